The number of rotatable bonds is 7. The minimum atomic E-state index is -0.242. The molecule has 0 saturated carbocycles. The molecule has 0 aromatic carbocycles. The first-order chi connectivity index (χ1) is 6.52. The highest BCUT2D eigenvalue weighted by Crippen LogP contribution is 2.18. The molecule has 0 saturated heterocycles. The molecule has 2 heteroatoms. The fourth-order valence-corrected chi connectivity index (χ4v) is 1.24. The van der Waals surface area contributed by atoms with Gasteiger partial charge < -0.3 is 4.74 Å². The first-order valence-corrected chi connectivity index (χ1v) is 5.51. The van der Waals surface area contributed by atoms with E-state index in [1.165, 1.54) is 12.8 Å². The zero-order valence-corrected chi connectivity index (χ0v) is 9.97. The third-order valence-corrected chi connectivity index (χ3v) is 2.36. The fraction of sp³-hybridized carbons (Fsp3) is 0.917. The standard InChI is InChI=1S/C12H23NO/c1-5-6-11(2)9-14-8-7-12(3,4)10-13/h11H,5-9H2,1-4H3. The maximum Gasteiger partial charge on any atom is 0.0684 e. The molecular formula is C12H23NO. The normalized spacial score (nSPS) is 13.6. The number of hydrogen-bond donors (Lipinski definition) is 0. The van der Waals surface area contributed by atoms with Crippen LogP contribution in [-0.2, 0) is 4.74 Å². The van der Waals surface area contributed by atoms with Gasteiger partial charge in [-0.05, 0) is 32.6 Å². The lowest BCUT2D eigenvalue weighted by Gasteiger charge is -2.16. The van der Waals surface area contributed by atoms with Crippen molar-refractivity contribution in [1.82, 2.24) is 0 Å². The average molecular weight is 197 g/mol. The van der Waals surface area contributed by atoms with Gasteiger partial charge in [-0.25, -0.2) is 0 Å². The maximum atomic E-state index is 8.78. The van der Waals surface area contributed by atoms with Crippen LogP contribution >= 0.6 is 0 Å². The molecule has 0 spiro atoms. The minimum absolute atomic E-state index is 0.242. The van der Waals surface area contributed by atoms with Crippen LogP contribution in [0.3, 0.4) is 0 Å². The summed E-state index contributed by atoms with van der Waals surface area (Å²) in [6.07, 6.45) is 3.26. The van der Waals surface area contributed by atoms with Gasteiger partial charge in [0.25, 0.3) is 0 Å². The Morgan fingerprint density at radius 1 is 1.43 bits per heavy atom. The van der Waals surface area contributed by atoms with Crippen molar-refractivity contribution in [2.45, 2.75) is 47.0 Å². The van der Waals surface area contributed by atoms with Gasteiger partial charge >= 0.3 is 0 Å². The number of nitriles is 1. The maximum absolute atomic E-state index is 8.78. The van der Waals surface area contributed by atoms with Crippen LogP contribution in [0.25, 0.3) is 0 Å². The number of nitrogens with zero attached hydrogens (tertiary/aromatic N) is 1. The van der Waals surface area contributed by atoms with Gasteiger partial charge in [-0.2, -0.15) is 5.26 Å². The molecule has 0 fully saturated rings. The molecule has 0 aliphatic heterocycles. The van der Waals surface area contributed by atoms with Gasteiger partial charge in [-0.3, -0.25) is 0 Å². The molecule has 0 radical (unpaired) electrons. The molecule has 14 heavy (non-hydrogen) atoms. The summed E-state index contributed by atoms with van der Waals surface area (Å²) in [5, 5.41) is 8.78. The van der Waals surface area contributed by atoms with Crippen LogP contribution in [-0.4, -0.2) is 13.2 Å². The first-order valence-electron chi connectivity index (χ1n) is 5.51. The van der Waals surface area contributed by atoms with Crippen molar-refractivity contribution in [3.8, 4) is 6.07 Å². The predicted molar refractivity (Wildman–Crippen MR) is 58.9 cm³/mol. The Balaban J connectivity index is 3.43. The Kier molecular flexibility index (Phi) is 6.57. The van der Waals surface area contributed by atoms with E-state index < -0.39 is 0 Å². The topological polar surface area (TPSA) is 33.0 Å². The molecule has 82 valence electrons. The summed E-state index contributed by atoms with van der Waals surface area (Å²) in [5.41, 5.74) is -0.242. The van der Waals surface area contributed by atoms with Gasteiger partial charge in [0.05, 0.1) is 11.5 Å². The third-order valence-electron chi connectivity index (χ3n) is 2.36. The fourth-order valence-electron chi connectivity index (χ4n) is 1.24. The Labute approximate surface area is 88.3 Å². The zero-order chi connectivity index (χ0) is 11.0. The van der Waals surface area contributed by atoms with Crippen LogP contribution < -0.4 is 0 Å². The highest BCUT2D eigenvalue weighted by atomic mass is 16.5. The molecule has 0 bridgehead atoms. The van der Waals surface area contributed by atoms with E-state index >= 15 is 0 Å². The van der Waals surface area contributed by atoms with Crippen LogP contribution in [0.1, 0.15) is 47.0 Å². The summed E-state index contributed by atoms with van der Waals surface area (Å²) < 4.78 is 5.53. The predicted octanol–water partition coefficient (Wildman–Crippen LogP) is 3.38. The first kappa shape index (κ1) is 13.4. The Hall–Kier alpha value is -0.550. The highest BCUT2D eigenvalue weighted by Gasteiger charge is 2.15. The molecule has 0 aromatic heterocycles. The van der Waals surface area contributed by atoms with Crippen LogP contribution in [0, 0.1) is 22.7 Å². The van der Waals surface area contributed by atoms with Crippen LogP contribution in [0.4, 0.5) is 0 Å². The molecule has 2 nitrogen and oxygen atoms in total. The van der Waals surface area contributed by atoms with Crippen molar-refractivity contribution >= 4 is 0 Å². The van der Waals surface area contributed by atoms with Gasteiger partial charge in [0, 0.05) is 13.2 Å². The molecule has 0 amide bonds. The van der Waals surface area contributed by atoms with Gasteiger partial charge in [0.2, 0.25) is 0 Å². The Morgan fingerprint density at radius 3 is 2.57 bits per heavy atom. The summed E-state index contributed by atoms with van der Waals surface area (Å²) in [6.45, 7) is 9.83. The highest BCUT2D eigenvalue weighted by molar-refractivity contribution is 4.91. The lowest BCUT2D eigenvalue weighted by Crippen LogP contribution is -2.14. The molecule has 0 N–H and O–H groups in total. The number of hydrogen-bond acceptors (Lipinski definition) is 2. The van der Waals surface area contributed by atoms with Crippen molar-refractivity contribution < 1.29 is 4.74 Å². The van der Waals surface area contributed by atoms with E-state index in [1.807, 2.05) is 13.8 Å². The second-order valence-electron chi connectivity index (χ2n) is 4.71. The van der Waals surface area contributed by atoms with Gasteiger partial charge in [0.15, 0.2) is 0 Å². The summed E-state index contributed by atoms with van der Waals surface area (Å²) in [7, 11) is 0. The van der Waals surface area contributed by atoms with Crippen molar-refractivity contribution in [2.24, 2.45) is 11.3 Å². The molecule has 0 aliphatic rings. The van der Waals surface area contributed by atoms with Gasteiger partial charge in [0.1, 0.15) is 0 Å². The van der Waals surface area contributed by atoms with E-state index in [9.17, 15) is 0 Å². The quantitative estimate of drug-likeness (QED) is 0.586. The van der Waals surface area contributed by atoms with Crippen LogP contribution in [0.2, 0.25) is 0 Å². The summed E-state index contributed by atoms with van der Waals surface area (Å²) in [6, 6.07) is 2.27. The second kappa shape index (κ2) is 6.84. The Bertz CT molecular complexity index is 181. The van der Waals surface area contributed by atoms with Crippen LogP contribution in [0.15, 0.2) is 0 Å². The Morgan fingerprint density at radius 2 is 2.07 bits per heavy atom. The van der Waals surface area contributed by atoms with Gasteiger partial charge in [-0.15, -0.1) is 0 Å². The molecule has 0 heterocycles. The second-order valence-corrected chi connectivity index (χ2v) is 4.71. The molecule has 0 aromatic rings. The van der Waals surface area contributed by atoms with E-state index in [-0.39, 0.29) is 5.41 Å². The van der Waals surface area contributed by atoms with Crippen LogP contribution in [0.5, 0.6) is 0 Å². The summed E-state index contributed by atoms with van der Waals surface area (Å²) in [5.74, 6) is 0.644. The lowest BCUT2D eigenvalue weighted by molar-refractivity contribution is 0.0867. The van der Waals surface area contributed by atoms with E-state index in [0.717, 1.165) is 13.0 Å². The van der Waals surface area contributed by atoms with E-state index in [1.54, 1.807) is 0 Å². The monoisotopic (exact) mass is 197 g/mol. The molecule has 0 aliphatic carbocycles. The van der Waals surface area contributed by atoms with E-state index in [4.69, 9.17) is 10.00 Å². The average Bonchev–Trinajstić information content (AvgIpc) is 2.13. The van der Waals surface area contributed by atoms with Crippen molar-refractivity contribution in [3.63, 3.8) is 0 Å². The van der Waals surface area contributed by atoms with Crippen molar-refractivity contribution in [3.05, 3.63) is 0 Å². The largest absolute Gasteiger partial charge is 0.381 e. The zero-order valence-electron chi connectivity index (χ0n) is 9.97. The van der Waals surface area contributed by atoms with Crippen molar-refractivity contribution in [1.29, 1.82) is 5.26 Å². The minimum Gasteiger partial charge on any atom is -0.381 e. The third kappa shape index (κ3) is 6.91. The summed E-state index contributed by atoms with van der Waals surface area (Å²) in [4.78, 5) is 0. The van der Waals surface area contributed by atoms with Gasteiger partial charge in [-0.1, -0.05) is 20.3 Å². The molecule has 1 unspecified atom stereocenters. The van der Waals surface area contributed by atoms with E-state index in [0.29, 0.717) is 12.5 Å². The molecule has 1 atom stereocenters. The lowest BCUT2D eigenvalue weighted by atomic mass is 9.92. The van der Waals surface area contributed by atoms with Crippen molar-refractivity contribution in [2.75, 3.05) is 13.2 Å². The number of ether oxygens (including phenoxy) is 1. The SMILES string of the molecule is CCCC(C)COCCC(C)(C)C#N. The van der Waals surface area contributed by atoms with E-state index in [2.05, 4.69) is 19.9 Å². The molecule has 0 rings (SSSR count). The smallest absolute Gasteiger partial charge is 0.0684 e. The summed E-state index contributed by atoms with van der Waals surface area (Å²) >= 11 is 0. The molecular weight excluding hydrogens is 174 g/mol.